The molecule has 1 aliphatic heterocycles. The van der Waals surface area contributed by atoms with Crippen molar-refractivity contribution in [3.63, 3.8) is 0 Å². The Hall–Kier alpha value is -0.570. The molecule has 0 amide bonds. The predicted octanol–water partition coefficient (Wildman–Crippen LogP) is 0.442. The Labute approximate surface area is 65.7 Å². The zero-order chi connectivity index (χ0) is 7.84. The molecule has 1 saturated carbocycles. The van der Waals surface area contributed by atoms with Gasteiger partial charge in [-0.1, -0.05) is 0 Å². The van der Waals surface area contributed by atoms with Gasteiger partial charge in [-0.15, -0.1) is 0 Å². The van der Waals surface area contributed by atoms with Gasteiger partial charge in [0.15, 0.2) is 0 Å². The van der Waals surface area contributed by atoms with Gasteiger partial charge in [0.25, 0.3) is 0 Å². The van der Waals surface area contributed by atoms with Crippen LogP contribution in [0, 0.1) is 17.8 Å². The van der Waals surface area contributed by atoms with Crippen LogP contribution in [0.1, 0.15) is 6.92 Å². The molecule has 3 nitrogen and oxygen atoms in total. The minimum atomic E-state index is -0.0224. The Morgan fingerprint density at radius 2 is 2.18 bits per heavy atom. The molecule has 2 rings (SSSR count). The molecule has 0 unspecified atom stereocenters. The molecule has 2 aliphatic rings. The second-order valence-corrected chi connectivity index (χ2v) is 3.14. The molecule has 2 fully saturated rings. The van der Waals surface area contributed by atoms with Crippen LogP contribution in [0.25, 0.3) is 0 Å². The van der Waals surface area contributed by atoms with E-state index < -0.39 is 0 Å². The fourth-order valence-corrected chi connectivity index (χ4v) is 1.83. The molecular weight excluding hydrogens is 144 g/mol. The monoisotopic (exact) mass is 156 g/mol. The number of ether oxygens (including phenoxy) is 2. The van der Waals surface area contributed by atoms with E-state index in [1.54, 1.807) is 0 Å². The maximum Gasteiger partial charge on any atom is 0.309 e. The van der Waals surface area contributed by atoms with E-state index in [0.717, 1.165) is 13.2 Å². The summed E-state index contributed by atoms with van der Waals surface area (Å²) in [6, 6.07) is 0. The van der Waals surface area contributed by atoms with E-state index in [4.69, 9.17) is 9.47 Å². The molecule has 2 atom stereocenters. The van der Waals surface area contributed by atoms with E-state index >= 15 is 0 Å². The highest BCUT2D eigenvalue weighted by molar-refractivity contribution is 5.76. The normalized spacial score (nSPS) is 39.9. The molecule has 0 aromatic rings. The van der Waals surface area contributed by atoms with Crippen molar-refractivity contribution >= 4 is 5.97 Å². The molecule has 0 radical (unpaired) electrons. The van der Waals surface area contributed by atoms with Gasteiger partial charge in [-0.2, -0.15) is 0 Å². The molecule has 3 heteroatoms. The molecule has 1 heterocycles. The zero-order valence-electron chi connectivity index (χ0n) is 6.58. The highest BCUT2D eigenvalue weighted by Gasteiger charge is 2.58. The average Bonchev–Trinajstić information content (AvgIpc) is 2.47. The van der Waals surface area contributed by atoms with Crippen molar-refractivity contribution in [3.8, 4) is 0 Å². The van der Waals surface area contributed by atoms with Crippen LogP contribution in [0.2, 0.25) is 0 Å². The largest absolute Gasteiger partial charge is 0.466 e. The fraction of sp³-hybridized carbons (Fsp3) is 0.875. The third-order valence-electron chi connectivity index (χ3n) is 2.51. The van der Waals surface area contributed by atoms with E-state index in [-0.39, 0.29) is 11.9 Å². The van der Waals surface area contributed by atoms with Crippen molar-refractivity contribution < 1.29 is 14.3 Å². The first-order chi connectivity index (χ1) is 5.34. The summed E-state index contributed by atoms with van der Waals surface area (Å²) in [4.78, 5) is 11.1. The predicted molar refractivity (Wildman–Crippen MR) is 37.9 cm³/mol. The maximum atomic E-state index is 11.1. The Morgan fingerprint density at radius 1 is 1.55 bits per heavy atom. The fourth-order valence-electron chi connectivity index (χ4n) is 1.83. The zero-order valence-corrected chi connectivity index (χ0v) is 6.58. The summed E-state index contributed by atoms with van der Waals surface area (Å²) < 4.78 is 10.1. The molecule has 0 aromatic carbocycles. The van der Waals surface area contributed by atoms with Gasteiger partial charge in [0.05, 0.1) is 25.7 Å². The van der Waals surface area contributed by atoms with E-state index in [1.807, 2.05) is 6.92 Å². The summed E-state index contributed by atoms with van der Waals surface area (Å²) in [6.07, 6.45) is 0. The second kappa shape index (κ2) is 2.48. The van der Waals surface area contributed by atoms with Crippen LogP contribution < -0.4 is 0 Å². The highest BCUT2D eigenvalue weighted by atomic mass is 16.5. The average molecular weight is 156 g/mol. The van der Waals surface area contributed by atoms with E-state index in [1.165, 1.54) is 0 Å². The van der Waals surface area contributed by atoms with Crippen LogP contribution in [0.15, 0.2) is 0 Å². The van der Waals surface area contributed by atoms with Gasteiger partial charge >= 0.3 is 5.97 Å². The standard InChI is InChI=1S/C8H12O3/c1-2-11-8(9)7-5-3-10-4-6(5)7/h5-7H,2-4H2,1H3/t5-,6-/m0/s1. The highest BCUT2D eigenvalue weighted by Crippen LogP contribution is 2.51. The number of rotatable bonds is 2. The minimum absolute atomic E-state index is 0.0224. The summed E-state index contributed by atoms with van der Waals surface area (Å²) in [6.45, 7) is 3.85. The molecule has 62 valence electrons. The number of fused-ring (bicyclic) bond motifs is 1. The minimum Gasteiger partial charge on any atom is -0.466 e. The Bertz CT molecular complexity index is 168. The van der Waals surface area contributed by atoms with E-state index in [0.29, 0.717) is 18.4 Å². The van der Waals surface area contributed by atoms with Crippen molar-refractivity contribution in [3.05, 3.63) is 0 Å². The summed E-state index contributed by atoms with van der Waals surface area (Å²) in [5, 5.41) is 0. The maximum absolute atomic E-state index is 11.1. The first kappa shape index (κ1) is 7.10. The van der Waals surface area contributed by atoms with Crippen molar-refractivity contribution in [1.29, 1.82) is 0 Å². The molecule has 1 saturated heterocycles. The topological polar surface area (TPSA) is 35.5 Å². The van der Waals surface area contributed by atoms with Crippen LogP contribution >= 0.6 is 0 Å². The number of esters is 1. The van der Waals surface area contributed by atoms with E-state index in [2.05, 4.69) is 0 Å². The Kier molecular flexibility index (Phi) is 1.60. The molecule has 1 aliphatic carbocycles. The third kappa shape index (κ3) is 1.03. The number of hydrogen-bond acceptors (Lipinski definition) is 3. The Morgan fingerprint density at radius 3 is 2.73 bits per heavy atom. The lowest BCUT2D eigenvalue weighted by molar-refractivity contribution is -0.146. The van der Waals surface area contributed by atoms with Gasteiger partial charge in [0.1, 0.15) is 0 Å². The molecule has 0 aromatic heterocycles. The quantitative estimate of drug-likeness (QED) is 0.544. The summed E-state index contributed by atoms with van der Waals surface area (Å²) in [5.74, 6) is 1.11. The molecule has 0 bridgehead atoms. The van der Waals surface area contributed by atoms with Gasteiger partial charge < -0.3 is 9.47 Å². The number of carbonyl (C=O) groups excluding carboxylic acids is 1. The first-order valence-electron chi connectivity index (χ1n) is 4.09. The van der Waals surface area contributed by atoms with Crippen LogP contribution in [0.5, 0.6) is 0 Å². The van der Waals surface area contributed by atoms with Gasteiger partial charge in [-0.3, -0.25) is 4.79 Å². The van der Waals surface area contributed by atoms with Crippen LogP contribution in [-0.4, -0.2) is 25.8 Å². The third-order valence-corrected chi connectivity index (χ3v) is 2.51. The number of hydrogen-bond donors (Lipinski definition) is 0. The molecule has 11 heavy (non-hydrogen) atoms. The molecule has 0 spiro atoms. The van der Waals surface area contributed by atoms with Gasteiger partial charge in [-0.05, 0) is 6.92 Å². The van der Waals surface area contributed by atoms with Crippen LogP contribution in [-0.2, 0) is 14.3 Å². The van der Waals surface area contributed by atoms with E-state index in [9.17, 15) is 4.79 Å². The number of carbonyl (C=O) groups is 1. The summed E-state index contributed by atoms with van der Waals surface area (Å²) in [5.41, 5.74) is 0. The smallest absolute Gasteiger partial charge is 0.309 e. The van der Waals surface area contributed by atoms with Gasteiger partial charge in [0.2, 0.25) is 0 Å². The summed E-state index contributed by atoms with van der Waals surface area (Å²) in [7, 11) is 0. The Balaban J connectivity index is 1.85. The van der Waals surface area contributed by atoms with Crippen LogP contribution in [0.3, 0.4) is 0 Å². The van der Waals surface area contributed by atoms with Gasteiger partial charge in [-0.25, -0.2) is 0 Å². The van der Waals surface area contributed by atoms with Crippen LogP contribution in [0.4, 0.5) is 0 Å². The SMILES string of the molecule is CCOC(=O)C1[C@H]2COC[C@H]12. The molecule has 0 N–H and O–H groups in total. The second-order valence-electron chi connectivity index (χ2n) is 3.14. The first-order valence-corrected chi connectivity index (χ1v) is 4.09. The summed E-state index contributed by atoms with van der Waals surface area (Å²) >= 11 is 0. The van der Waals surface area contributed by atoms with Crippen molar-refractivity contribution in [2.24, 2.45) is 17.8 Å². The van der Waals surface area contributed by atoms with Crippen molar-refractivity contribution in [1.82, 2.24) is 0 Å². The lowest BCUT2D eigenvalue weighted by Crippen LogP contribution is -2.12. The van der Waals surface area contributed by atoms with Crippen molar-refractivity contribution in [2.75, 3.05) is 19.8 Å². The lowest BCUT2D eigenvalue weighted by Gasteiger charge is -2.02. The molecular formula is C8H12O3. The lowest BCUT2D eigenvalue weighted by atomic mass is 10.3. The van der Waals surface area contributed by atoms with Crippen molar-refractivity contribution in [2.45, 2.75) is 6.92 Å². The van der Waals surface area contributed by atoms with Gasteiger partial charge in [0, 0.05) is 11.8 Å².